The molecule has 2 aliphatic rings. The Morgan fingerprint density at radius 3 is 2.56 bits per heavy atom. The lowest BCUT2D eigenvalue weighted by Gasteiger charge is -2.34. The largest absolute Gasteiger partial charge is 0.464 e. The Balaban J connectivity index is 1.65. The number of carbonyl (C=O) groups is 3. The number of piperidine rings is 1. The van der Waals surface area contributed by atoms with Crippen LogP contribution in [0, 0.1) is 0 Å². The van der Waals surface area contributed by atoms with E-state index in [4.69, 9.17) is 4.74 Å². The minimum absolute atomic E-state index is 0.0594. The first-order valence-electron chi connectivity index (χ1n) is 9.37. The SMILES string of the molecule is CCOC(=O)C1CCCCN1C(=O)c1ccc2c(c1)C(=O)c1ccccc1-2. The van der Waals surface area contributed by atoms with E-state index in [2.05, 4.69) is 0 Å². The molecule has 0 N–H and O–H groups in total. The van der Waals surface area contributed by atoms with Crippen LogP contribution in [0.25, 0.3) is 11.1 Å². The van der Waals surface area contributed by atoms with Crippen LogP contribution in [0.15, 0.2) is 42.5 Å². The van der Waals surface area contributed by atoms with Crippen LogP contribution < -0.4 is 0 Å². The molecule has 2 aromatic carbocycles. The van der Waals surface area contributed by atoms with Crippen molar-refractivity contribution in [3.05, 3.63) is 59.2 Å². The molecule has 1 fully saturated rings. The van der Waals surface area contributed by atoms with Gasteiger partial charge in [0.05, 0.1) is 6.61 Å². The van der Waals surface area contributed by atoms with Crippen LogP contribution >= 0.6 is 0 Å². The summed E-state index contributed by atoms with van der Waals surface area (Å²) in [6, 6.07) is 12.2. The van der Waals surface area contributed by atoms with Gasteiger partial charge in [0, 0.05) is 23.2 Å². The van der Waals surface area contributed by atoms with Crippen molar-refractivity contribution in [3.63, 3.8) is 0 Å². The predicted octanol–water partition coefficient (Wildman–Crippen LogP) is 3.46. The quantitative estimate of drug-likeness (QED) is 0.669. The van der Waals surface area contributed by atoms with E-state index in [0.29, 0.717) is 36.3 Å². The van der Waals surface area contributed by atoms with Crippen molar-refractivity contribution in [2.45, 2.75) is 32.2 Å². The maximum Gasteiger partial charge on any atom is 0.328 e. The first-order chi connectivity index (χ1) is 13.1. The number of benzene rings is 2. The minimum atomic E-state index is -0.549. The van der Waals surface area contributed by atoms with Gasteiger partial charge in [0.15, 0.2) is 5.78 Å². The Hall–Kier alpha value is -2.95. The van der Waals surface area contributed by atoms with Gasteiger partial charge in [0.1, 0.15) is 6.04 Å². The van der Waals surface area contributed by atoms with Crippen molar-refractivity contribution in [1.29, 1.82) is 0 Å². The van der Waals surface area contributed by atoms with Crippen molar-refractivity contribution in [1.82, 2.24) is 4.90 Å². The Morgan fingerprint density at radius 1 is 1.04 bits per heavy atom. The summed E-state index contributed by atoms with van der Waals surface area (Å²) < 4.78 is 5.14. The molecular formula is C22H21NO4. The third-order valence-electron chi connectivity index (χ3n) is 5.30. The van der Waals surface area contributed by atoms with E-state index in [1.165, 1.54) is 0 Å². The van der Waals surface area contributed by atoms with Crippen LogP contribution in [0.4, 0.5) is 0 Å². The minimum Gasteiger partial charge on any atom is -0.464 e. The molecule has 1 heterocycles. The summed E-state index contributed by atoms with van der Waals surface area (Å²) in [5.74, 6) is -0.634. The van der Waals surface area contributed by atoms with Gasteiger partial charge < -0.3 is 9.64 Å². The Morgan fingerprint density at radius 2 is 1.78 bits per heavy atom. The van der Waals surface area contributed by atoms with Crippen LogP contribution in [-0.4, -0.2) is 41.8 Å². The van der Waals surface area contributed by atoms with Crippen LogP contribution in [-0.2, 0) is 9.53 Å². The van der Waals surface area contributed by atoms with Gasteiger partial charge in [-0.2, -0.15) is 0 Å². The normalized spacial score (nSPS) is 18.0. The van der Waals surface area contributed by atoms with Gasteiger partial charge in [-0.1, -0.05) is 30.3 Å². The molecule has 5 heteroatoms. The highest BCUT2D eigenvalue weighted by Gasteiger charge is 2.34. The molecule has 27 heavy (non-hydrogen) atoms. The molecule has 1 saturated heterocycles. The maximum atomic E-state index is 13.1. The topological polar surface area (TPSA) is 63.7 Å². The predicted molar refractivity (Wildman–Crippen MR) is 101 cm³/mol. The molecule has 1 aliphatic carbocycles. The van der Waals surface area contributed by atoms with Crippen molar-refractivity contribution in [3.8, 4) is 11.1 Å². The van der Waals surface area contributed by atoms with E-state index < -0.39 is 6.04 Å². The van der Waals surface area contributed by atoms with Gasteiger partial charge in [0.25, 0.3) is 5.91 Å². The third-order valence-corrected chi connectivity index (χ3v) is 5.30. The van der Waals surface area contributed by atoms with Gasteiger partial charge in [0.2, 0.25) is 0 Å². The number of ether oxygens (including phenoxy) is 1. The number of fused-ring (bicyclic) bond motifs is 3. The molecule has 0 spiro atoms. The molecule has 4 rings (SSSR count). The molecule has 1 unspecified atom stereocenters. The second-order valence-corrected chi connectivity index (χ2v) is 6.90. The molecule has 0 saturated carbocycles. The van der Waals surface area contributed by atoms with Gasteiger partial charge in [-0.3, -0.25) is 9.59 Å². The zero-order valence-corrected chi connectivity index (χ0v) is 15.2. The Labute approximate surface area is 157 Å². The molecule has 2 aromatic rings. The fraction of sp³-hybridized carbons (Fsp3) is 0.318. The van der Waals surface area contributed by atoms with Gasteiger partial charge in [-0.05, 0) is 49.4 Å². The van der Waals surface area contributed by atoms with Crippen LogP contribution in [0.3, 0.4) is 0 Å². The zero-order valence-electron chi connectivity index (χ0n) is 15.2. The highest BCUT2D eigenvalue weighted by atomic mass is 16.5. The highest BCUT2D eigenvalue weighted by molar-refractivity contribution is 6.22. The van der Waals surface area contributed by atoms with Crippen molar-refractivity contribution in [2.24, 2.45) is 0 Å². The summed E-state index contributed by atoms with van der Waals surface area (Å²) in [5.41, 5.74) is 3.41. The number of likely N-dealkylation sites (tertiary alicyclic amines) is 1. The standard InChI is InChI=1S/C22H21NO4/c1-2-27-22(26)19-9-5-6-12-23(19)21(25)14-10-11-16-15-7-3-4-8-17(15)20(24)18(16)13-14/h3-4,7-8,10-11,13,19H,2,5-6,9,12H2,1H3. The van der Waals surface area contributed by atoms with E-state index in [-0.39, 0.29) is 17.7 Å². The average Bonchev–Trinajstić information content (AvgIpc) is 3.00. The monoisotopic (exact) mass is 363 g/mol. The van der Waals surface area contributed by atoms with Crippen molar-refractivity contribution >= 4 is 17.7 Å². The highest BCUT2D eigenvalue weighted by Crippen LogP contribution is 2.37. The maximum absolute atomic E-state index is 13.1. The molecule has 138 valence electrons. The Kier molecular flexibility index (Phi) is 4.52. The van der Waals surface area contributed by atoms with E-state index in [1.54, 1.807) is 30.0 Å². The lowest BCUT2D eigenvalue weighted by atomic mass is 9.99. The number of esters is 1. The lowest BCUT2D eigenvalue weighted by Crippen LogP contribution is -2.48. The number of carbonyl (C=O) groups excluding carboxylic acids is 3. The van der Waals surface area contributed by atoms with Crippen molar-refractivity contribution in [2.75, 3.05) is 13.2 Å². The molecule has 1 aliphatic heterocycles. The fourth-order valence-electron chi connectivity index (χ4n) is 3.99. The second-order valence-electron chi connectivity index (χ2n) is 6.90. The molecule has 1 amide bonds. The van der Waals surface area contributed by atoms with E-state index in [9.17, 15) is 14.4 Å². The molecular weight excluding hydrogens is 342 g/mol. The second kappa shape index (κ2) is 6.99. The molecule has 1 atom stereocenters. The average molecular weight is 363 g/mol. The van der Waals surface area contributed by atoms with E-state index in [1.807, 2.05) is 24.3 Å². The molecule has 5 nitrogen and oxygen atoms in total. The zero-order chi connectivity index (χ0) is 19.0. The van der Waals surface area contributed by atoms with Crippen molar-refractivity contribution < 1.29 is 19.1 Å². The number of hydrogen-bond acceptors (Lipinski definition) is 4. The number of hydrogen-bond donors (Lipinski definition) is 0. The number of rotatable bonds is 3. The number of nitrogens with zero attached hydrogens (tertiary/aromatic N) is 1. The third kappa shape index (κ3) is 2.93. The van der Waals surface area contributed by atoms with E-state index in [0.717, 1.165) is 24.0 Å². The summed E-state index contributed by atoms with van der Waals surface area (Å²) in [6.07, 6.45) is 2.36. The summed E-state index contributed by atoms with van der Waals surface area (Å²) in [6.45, 7) is 2.58. The van der Waals surface area contributed by atoms with Gasteiger partial charge in [-0.25, -0.2) is 4.79 Å². The first-order valence-corrected chi connectivity index (χ1v) is 9.37. The van der Waals surface area contributed by atoms with Gasteiger partial charge >= 0.3 is 5.97 Å². The Bertz CT molecular complexity index is 934. The summed E-state index contributed by atoms with van der Waals surface area (Å²) in [4.78, 5) is 39.7. The van der Waals surface area contributed by atoms with Crippen LogP contribution in [0.1, 0.15) is 52.5 Å². The number of amides is 1. The summed E-state index contributed by atoms with van der Waals surface area (Å²) in [5, 5.41) is 0. The smallest absolute Gasteiger partial charge is 0.328 e. The van der Waals surface area contributed by atoms with Crippen LogP contribution in [0.5, 0.6) is 0 Å². The van der Waals surface area contributed by atoms with Crippen LogP contribution in [0.2, 0.25) is 0 Å². The lowest BCUT2D eigenvalue weighted by molar-refractivity contribution is -0.149. The first kappa shape index (κ1) is 17.5. The molecule has 0 aromatic heterocycles. The summed E-state index contributed by atoms with van der Waals surface area (Å²) >= 11 is 0. The van der Waals surface area contributed by atoms with Gasteiger partial charge in [-0.15, -0.1) is 0 Å². The fourth-order valence-corrected chi connectivity index (χ4v) is 3.99. The molecule has 0 bridgehead atoms. The summed E-state index contributed by atoms with van der Waals surface area (Å²) in [7, 11) is 0. The number of ketones is 1. The molecule has 0 radical (unpaired) electrons. The van der Waals surface area contributed by atoms with E-state index >= 15 is 0 Å².